The summed E-state index contributed by atoms with van der Waals surface area (Å²) < 4.78 is 5.28. The Bertz CT molecular complexity index is 1260. The number of carbonyl (C=O) groups excluding carboxylic acids is 2. The number of aliphatic hydroxyl groups is 1. The van der Waals surface area contributed by atoms with Crippen molar-refractivity contribution < 1.29 is 19.1 Å². The minimum Gasteiger partial charge on any atom is -0.459 e. The van der Waals surface area contributed by atoms with Crippen LogP contribution >= 0.6 is 0 Å². The van der Waals surface area contributed by atoms with Gasteiger partial charge < -0.3 is 34.9 Å². The number of piperazine rings is 1. The minimum absolute atomic E-state index is 0.173. The van der Waals surface area contributed by atoms with Gasteiger partial charge in [-0.2, -0.15) is 0 Å². The topological polar surface area (TPSA) is 101 Å². The van der Waals surface area contributed by atoms with Gasteiger partial charge in [0.2, 0.25) is 0 Å². The van der Waals surface area contributed by atoms with Crippen LogP contribution in [0, 0.1) is 6.92 Å². The zero-order valence-electron chi connectivity index (χ0n) is 22.4. The van der Waals surface area contributed by atoms with Gasteiger partial charge in [0.05, 0.1) is 23.7 Å². The van der Waals surface area contributed by atoms with Crippen LogP contribution in [0.2, 0.25) is 0 Å². The molecular weight excluding hydrogens is 494 g/mol. The van der Waals surface area contributed by atoms with Crippen molar-refractivity contribution >= 4 is 28.9 Å². The van der Waals surface area contributed by atoms with Crippen LogP contribution in [-0.2, 0) is 0 Å². The molecule has 1 atom stereocenters. The lowest BCUT2D eigenvalue weighted by atomic mass is 10.1. The molecule has 0 radical (unpaired) electrons. The molecular formula is C30H37N5O4. The molecule has 2 fully saturated rings. The smallest absolute Gasteiger partial charge is 0.291 e. The first kappa shape index (κ1) is 26.8. The van der Waals surface area contributed by atoms with Gasteiger partial charge in [0.15, 0.2) is 5.76 Å². The molecule has 2 aliphatic heterocycles. The number of hydrogen-bond acceptors (Lipinski definition) is 7. The summed E-state index contributed by atoms with van der Waals surface area (Å²) in [5.41, 5.74) is 4.30. The highest BCUT2D eigenvalue weighted by Crippen LogP contribution is 2.30. The normalized spacial score (nSPS) is 16.8. The van der Waals surface area contributed by atoms with Gasteiger partial charge >= 0.3 is 0 Å². The van der Waals surface area contributed by atoms with Gasteiger partial charge in [0.1, 0.15) is 0 Å². The summed E-state index contributed by atoms with van der Waals surface area (Å²) in [5, 5.41) is 16.2. The SMILES string of the molecule is Cc1ccccc1N1CCN(c2ccc(C(=O)NCC(O)CN3CCCC3)cc2NC(=O)c2ccco2)CC1. The van der Waals surface area contributed by atoms with E-state index in [1.54, 1.807) is 24.3 Å². The van der Waals surface area contributed by atoms with Crippen molar-refractivity contribution in [2.24, 2.45) is 0 Å². The van der Waals surface area contributed by atoms with E-state index in [0.717, 1.165) is 57.8 Å². The fourth-order valence-electron chi connectivity index (χ4n) is 5.39. The number of nitrogens with one attached hydrogen (secondary N) is 2. The number of amides is 2. The van der Waals surface area contributed by atoms with E-state index in [1.807, 2.05) is 6.07 Å². The number of carbonyl (C=O) groups is 2. The standard InChI is InChI=1S/C30H37N5O4/c1-22-7-2-3-8-26(22)34-14-16-35(17-15-34)27-11-10-23(19-25(27)32-30(38)28-9-6-18-39-28)29(37)31-20-24(36)21-33-12-4-5-13-33/h2-3,6-11,18-19,24,36H,4-5,12-17,20-21H2,1H3,(H,31,37)(H,32,38). The third kappa shape index (κ3) is 6.61. The fraction of sp³-hybridized carbons (Fsp3) is 0.400. The molecule has 2 aliphatic rings. The summed E-state index contributed by atoms with van der Waals surface area (Å²) in [5.74, 6) is -0.469. The number of anilines is 3. The van der Waals surface area contributed by atoms with Crippen LogP contribution in [0.1, 0.15) is 39.3 Å². The molecule has 5 rings (SSSR count). The number of hydrogen-bond donors (Lipinski definition) is 3. The lowest BCUT2D eigenvalue weighted by molar-refractivity contribution is 0.0879. The Kier molecular flexibility index (Phi) is 8.48. The van der Waals surface area contributed by atoms with E-state index in [1.165, 1.54) is 17.5 Å². The Labute approximate surface area is 229 Å². The van der Waals surface area contributed by atoms with E-state index in [0.29, 0.717) is 17.8 Å². The molecule has 3 N–H and O–H groups in total. The summed E-state index contributed by atoms with van der Waals surface area (Å²) in [7, 11) is 0. The number of nitrogens with zero attached hydrogens (tertiary/aromatic N) is 3. The lowest BCUT2D eigenvalue weighted by Crippen LogP contribution is -2.47. The van der Waals surface area contributed by atoms with Crippen molar-refractivity contribution in [2.45, 2.75) is 25.9 Å². The van der Waals surface area contributed by atoms with Gasteiger partial charge in [-0.15, -0.1) is 0 Å². The number of furan rings is 1. The number of para-hydroxylation sites is 1. The van der Waals surface area contributed by atoms with E-state index in [2.05, 4.69) is 56.5 Å². The Morgan fingerprint density at radius 2 is 1.62 bits per heavy atom. The highest BCUT2D eigenvalue weighted by atomic mass is 16.3. The van der Waals surface area contributed by atoms with E-state index < -0.39 is 6.10 Å². The molecule has 1 aromatic heterocycles. The maximum Gasteiger partial charge on any atom is 0.291 e. The maximum absolute atomic E-state index is 13.0. The Hall–Kier alpha value is -3.82. The quantitative estimate of drug-likeness (QED) is 0.389. The van der Waals surface area contributed by atoms with Crippen molar-refractivity contribution in [2.75, 3.05) is 67.5 Å². The number of benzene rings is 2. The third-order valence-electron chi connectivity index (χ3n) is 7.49. The summed E-state index contributed by atoms with van der Waals surface area (Å²) in [6, 6.07) is 17.0. The molecule has 0 bridgehead atoms. The second kappa shape index (κ2) is 12.4. The van der Waals surface area contributed by atoms with Crippen molar-refractivity contribution in [3.8, 4) is 0 Å². The van der Waals surface area contributed by atoms with Crippen LogP contribution in [0.15, 0.2) is 65.3 Å². The van der Waals surface area contributed by atoms with Gasteiger partial charge in [-0.05, 0) is 74.8 Å². The number of β-amino-alcohol motifs (C(OH)–C–C–N with tert-alkyl or cyclic N) is 1. The van der Waals surface area contributed by atoms with Crippen LogP contribution < -0.4 is 20.4 Å². The molecule has 3 heterocycles. The summed E-state index contributed by atoms with van der Waals surface area (Å²) in [6.07, 6.45) is 3.13. The van der Waals surface area contributed by atoms with Gasteiger partial charge in [-0.25, -0.2) is 0 Å². The van der Waals surface area contributed by atoms with Gasteiger partial charge in [-0.3, -0.25) is 9.59 Å². The summed E-state index contributed by atoms with van der Waals surface area (Å²) in [4.78, 5) is 32.7. The molecule has 9 heteroatoms. The Balaban J connectivity index is 1.29. The second-order valence-corrected chi connectivity index (χ2v) is 10.3. The molecule has 3 aromatic rings. The van der Waals surface area contributed by atoms with Gasteiger partial charge in [0, 0.05) is 50.5 Å². The van der Waals surface area contributed by atoms with Crippen LogP contribution in [-0.4, -0.2) is 80.3 Å². The zero-order chi connectivity index (χ0) is 27.2. The van der Waals surface area contributed by atoms with E-state index in [9.17, 15) is 14.7 Å². The summed E-state index contributed by atoms with van der Waals surface area (Å²) in [6.45, 7) is 8.05. The van der Waals surface area contributed by atoms with Crippen LogP contribution in [0.25, 0.3) is 0 Å². The number of likely N-dealkylation sites (tertiary alicyclic amines) is 1. The number of rotatable bonds is 9. The molecule has 206 valence electrons. The van der Waals surface area contributed by atoms with Crippen molar-refractivity contribution in [3.05, 3.63) is 77.7 Å². The summed E-state index contributed by atoms with van der Waals surface area (Å²) >= 11 is 0. The first-order chi connectivity index (χ1) is 19.0. The molecule has 2 saturated heterocycles. The first-order valence-corrected chi connectivity index (χ1v) is 13.7. The lowest BCUT2D eigenvalue weighted by Gasteiger charge is -2.38. The predicted molar refractivity (Wildman–Crippen MR) is 153 cm³/mol. The van der Waals surface area contributed by atoms with E-state index >= 15 is 0 Å². The maximum atomic E-state index is 13.0. The third-order valence-corrected chi connectivity index (χ3v) is 7.49. The van der Waals surface area contributed by atoms with Crippen LogP contribution in [0.5, 0.6) is 0 Å². The van der Waals surface area contributed by atoms with Crippen molar-refractivity contribution in [1.29, 1.82) is 0 Å². The Morgan fingerprint density at radius 3 is 2.31 bits per heavy atom. The fourth-order valence-corrected chi connectivity index (χ4v) is 5.39. The van der Waals surface area contributed by atoms with Crippen LogP contribution in [0.4, 0.5) is 17.1 Å². The molecule has 0 spiro atoms. The minimum atomic E-state index is -0.631. The average Bonchev–Trinajstić information content (AvgIpc) is 3.67. The number of aliphatic hydroxyl groups excluding tert-OH is 1. The highest BCUT2D eigenvalue weighted by Gasteiger charge is 2.23. The molecule has 1 unspecified atom stereocenters. The Morgan fingerprint density at radius 1 is 0.897 bits per heavy atom. The van der Waals surface area contributed by atoms with Gasteiger partial charge in [-0.1, -0.05) is 18.2 Å². The molecule has 0 aliphatic carbocycles. The van der Waals surface area contributed by atoms with Crippen molar-refractivity contribution in [1.82, 2.24) is 10.2 Å². The predicted octanol–water partition coefficient (Wildman–Crippen LogP) is 3.35. The first-order valence-electron chi connectivity index (χ1n) is 13.7. The van der Waals surface area contributed by atoms with E-state index in [4.69, 9.17) is 4.42 Å². The average molecular weight is 532 g/mol. The second-order valence-electron chi connectivity index (χ2n) is 10.3. The molecule has 2 aromatic carbocycles. The van der Waals surface area contributed by atoms with E-state index in [-0.39, 0.29) is 24.1 Å². The number of aryl methyl sites for hydroxylation is 1. The van der Waals surface area contributed by atoms with Crippen molar-refractivity contribution in [3.63, 3.8) is 0 Å². The van der Waals surface area contributed by atoms with Crippen LogP contribution in [0.3, 0.4) is 0 Å². The zero-order valence-corrected chi connectivity index (χ0v) is 22.4. The molecule has 0 saturated carbocycles. The molecule has 2 amide bonds. The monoisotopic (exact) mass is 531 g/mol. The highest BCUT2D eigenvalue weighted by molar-refractivity contribution is 6.05. The molecule has 9 nitrogen and oxygen atoms in total. The molecule has 39 heavy (non-hydrogen) atoms. The van der Waals surface area contributed by atoms with Gasteiger partial charge in [0.25, 0.3) is 11.8 Å². The largest absolute Gasteiger partial charge is 0.459 e.